The van der Waals surface area contributed by atoms with Crippen LogP contribution in [-0.2, 0) is 4.79 Å². The van der Waals surface area contributed by atoms with E-state index in [0.29, 0.717) is 19.5 Å². The number of aliphatic carboxylic acids is 1. The number of carbonyl (C=O) groups is 2. The highest BCUT2D eigenvalue weighted by molar-refractivity contribution is 5.77. The van der Waals surface area contributed by atoms with Crippen molar-refractivity contribution in [2.45, 2.75) is 39.2 Å². The fraction of sp³-hybridized carbons (Fsp3) is 0.647. The lowest BCUT2D eigenvalue weighted by molar-refractivity contribution is -0.141. The zero-order chi connectivity index (χ0) is 18.0. The molecule has 2 fully saturated rings. The van der Waals surface area contributed by atoms with Gasteiger partial charge < -0.3 is 20.2 Å². The molecule has 8 heteroatoms. The summed E-state index contributed by atoms with van der Waals surface area (Å²) in [4.78, 5) is 35.9. The molecule has 1 aromatic heterocycles. The van der Waals surface area contributed by atoms with Crippen LogP contribution in [0.3, 0.4) is 0 Å². The van der Waals surface area contributed by atoms with Gasteiger partial charge in [-0.1, -0.05) is 0 Å². The largest absolute Gasteiger partial charge is 0.481 e. The van der Waals surface area contributed by atoms with Gasteiger partial charge in [-0.15, -0.1) is 0 Å². The van der Waals surface area contributed by atoms with E-state index < -0.39 is 11.9 Å². The topological polar surface area (TPSA) is 98.7 Å². The van der Waals surface area contributed by atoms with Crippen LogP contribution in [0.5, 0.6) is 0 Å². The van der Waals surface area contributed by atoms with Crippen molar-refractivity contribution in [3.8, 4) is 0 Å². The monoisotopic (exact) mass is 347 g/mol. The Balaban J connectivity index is 1.49. The van der Waals surface area contributed by atoms with Crippen LogP contribution in [0.15, 0.2) is 6.07 Å². The highest BCUT2D eigenvalue weighted by Crippen LogP contribution is 2.20. The summed E-state index contributed by atoms with van der Waals surface area (Å²) in [5.41, 5.74) is 0.958. The summed E-state index contributed by atoms with van der Waals surface area (Å²) in [5.74, 6) is 0.460. The Labute approximate surface area is 147 Å². The zero-order valence-corrected chi connectivity index (χ0v) is 14.7. The van der Waals surface area contributed by atoms with Crippen molar-refractivity contribution in [2.24, 2.45) is 5.92 Å². The van der Waals surface area contributed by atoms with Gasteiger partial charge in [0.05, 0.1) is 5.92 Å². The van der Waals surface area contributed by atoms with E-state index in [9.17, 15) is 9.59 Å². The zero-order valence-electron chi connectivity index (χ0n) is 14.7. The molecular weight excluding hydrogens is 322 g/mol. The average molecular weight is 347 g/mol. The third kappa shape index (κ3) is 4.18. The van der Waals surface area contributed by atoms with E-state index in [1.807, 2.05) is 19.9 Å². The average Bonchev–Trinajstić information content (AvgIpc) is 3.05. The van der Waals surface area contributed by atoms with Crippen LogP contribution in [0.1, 0.15) is 30.8 Å². The first kappa shape index (κ1) is 17.4. The maximum Gasteiger partial charge on any atom is 0.317 e. The summed E-state index contributed by atoms with van der Waals surface area (Å²) in [6, 6.07) is 1.97. The van der Waals surface area contributed by atoms with Gasteiger partial charge in [-0.25, -0.2) is 14.8 Å². The maximum atomic E-state index is 12.3. The molecule has 0 saturated carbocycles. The van der Waals surface area contributed by atoms with E-state index in [-0.39, 0.29) is 12.1 Å². The molecule has 0 aromatic carbocycles. The summed E-state index contributed by atoms with van der Waals surface area (Å²) in [7, 11) is 0. The van der Waals surface area contributed by atoms with Gasteiger partial charge in [0.2, 0.25) is 0 Å². The van der Waals surface area contributed by atoms with Crippen LogP contribution in [0, 0.1) is 19.8 Å². The van der Waals surface area contributed by atoms with Gasteiger partial charge in [-0.3, -0.25) is 4.79 Å². The minimum atomic E-state index is -0.820. The van der Waals surface area contributed by atoms with E-state index >= 15 is 0 Å². The molecule has 2 aliphatic heterocycles. The number of aromatic nitrogens is 2. The number of nitrogens with one attached hydrogen (secondary N) is 1. The van der Waals surface area contributed by atoms with Crippen molar-refractivity contribution >= 4 is 17.8 Å². The van der Waals surface area contributed by atoms with Crippen molar-refractivity contribution in [3.63, 3.8) is 0 Å². The Morgan fingerprint density at radius 1 is 1.16 bits per heavy atom. The van der Waals surface area contributed by atoms with E-state index in [1.54, 1.807) is 4.90 Å². The maximum absolute atomic E-state index is 12.3. The number of hydrogen-bond donors (Lipinski definition) is 2. The number of piperidine rings is 1. The van der Waals surface area contributed by atoms with Crippen molar-refractivity contribution < 1.29 is 14.7 Å². The number of carbonyl (C=O) groups excluding carboxylic acids is 1. The lowest BCUT2D eigenvalue weighted by atomic mass is 10.1. The smallest absolute Gasteiger partial charge is 0.317 e. The molecule has 0 aliphatic carbocycles. The van der Waals surface area contributed by atoms with Gasteiger partial charge >= 0.3 is 12.0 Å². The second kappa shape index (κ2) is 7.25. The Kier molecular flexibility index (Phi) is 5.06. The van der Waals surface area contributed by atoms with Crippen LogP contribution < -0.4 is 10.2 Å². The van der Waals surface area contributed by atoms with Crippen molar-refractivity contribution in [1.82, 2.24) is 20.2 Å². The second-order valence-electron chi connectivity index (χ2n) is 6.90. The summed E-state index contributed by atoms with van der Waals surface area (Å²) >= 11 is 0. The summed E-state index contributed by atoms with van der Waals surface area (Å²) in [6.07, 6.45) is 2.24. The molecule has 8 nitrogen and oxygen atoms in total. The standard InChI is InChI=1S/C17H25N5O3/c1-11-9-15(19-12(2)18-11)21-7-4-14(5-8-21)20-17(25)22-6-3-13(10-22)16(23)24/h9,13-14H,3-8,10H2,1-2H3,(H,20,25)(H,23,24). The highest BCUT2D eigenvalue weighted by Gasteiger charge is 2.32. The van der Waals surface area contributed by atoms with Gasteiger partial charge in [0.25, 0.3) is 0 Å². The number of carboxylic acids is 1. The van der Waals surface area contributed by atoms with E-state index in [4.69, 9.17) is 5.11 Å². The molecule has 2 N–H and O–H groups in total. The Bertz CT molecular complexity index is 637. The summed E-state index contributed by atoms with van der Waals surface area (Å²) < 4.78 is 0. The number of carboxylic acid groups (broad SMARTS) is 1. The van der Waals surface area contributed by atoms with Crippen molar-refractivity contribution in [2.75, 3.05) is 31.1 Å². The summed E-state index contributed by atoms with van der Waals surface area (Å²) in [5, 5.41) is 12.1. The molecule has 2 saturated heterocycles. The molecule has 2 amide bonds. The number of aryl methyl sites for hydroxylation is 2. The minimum Gasteiger partial charge on any atom is -0.481 e. The number of urea groups is 1. The normalized spacial score (nSPS) is 21.4. The highest BCUT2D eigenvalue weighted by atomic mass is 16.4. The van der Waals surface area contributed by atoms with Crippen LogP contribution in [0.4, 0.5) is 10.6 Å². The molecule has 2 aliphatic rings. The molecule has 0 spiro atoms. The first-order chi connectivity index (χ1) is 11.9. The molecule has 3 rings (SSSR count). The molecule has 1 atom stereocenters. The lowest BCUT2D eigenvalue weighted by Gasteiger charge is -2.34. The van der Waals surface area contributed by atoms with Crippen LogP contribution in [0.25, 0.3) is 0 Å². The first-order valence-corrected chi connectivity index (χ1v) is 8.78. The van der Waals surface area contributed by atoms with Gasteiger partial charge in [-0.2, -0.15) is 0 Å². The number of rotatable bonds is 3. The van der Waals surface area contributed by atoms with E-state index in [1.165, 1.54) is 0 Å². The molecule has 25 heavy (non-hydrogen) atoms. The van der Waals surface area contributed by atoms with Gasteiger partial charge in [0, 0.05) is 44.0 Å². The number of nitrogens with zero attached hydrogens (tertiary/aromatic N) is 4. The predicted octanol–water partition coefficient (Wildman–Crippen LogP) is 1.18. The van der Waals surface area contributed by atoms with Crippen molar-refractivity contribution in [1.29, 1.82) is 0 Å². The van der Waals surface area contributed by atoms with Gasteiger partial charge in [0.1, 0.15) is 11.6 Å². The molecular formula is C17H25N5O3. The first-order valence-electron chi connectivity index (χ1n) is 8.78. The Morgan fingerprint density at radius 3 is 2.48 bits per heavy atom. The summed E-state index contributed by atoms with van der Waals surface area (Å²) in [6.45, 7) is 6.34. The van der Waals surface area contributed by atoms with Gasteiger partial charge in [0.15, 0.2) is 0 Å². The molecule has 1 unspecified atom stereocenters. The minimum absolute atomic E-state index is 0.122. The number of likely N-dealkylation sites (tertiary alicyclic amines) is 1. The number of hydrogen-bond acceptors (Lipinski definition) is 5. The van der Waals surface area contributed by atoms with Gasteiger partial charge in [-0.05, 0) is 33.1 Å². The van der Waals surface area contributed by atoms with Crippen LogP contribution >= 0.6 is 0 Å². The molecule has 1 aromatic rings. The Hall–Kier alpha value is -2.38. The molecule has 0 radical (unpaired) electrons. The quantitative estimate of drug-likeness (QED) is 0.852. The van der Waals surface area contributed by atoms with Crippen LogP contribution in [-0.4, -0.2) is 64.2 Å². The second-order valence-corrected chi connectivity index (χ2v) is 6.90. The third-order valence-corrected chi connectivity index (χ3v) is 4.92. The fourth-order valence-corrected chi connectivity index (χ4v) is 3.52. The third-order valence-electron chi connectivity index (χ3n) is 4.92. The van der Waals surface area contributed by atoms with Crippen molar-refractivity contribution in [3.05, 3.63) is 17.6 Å². The molecule has 0 bridgehead atoms. The SMILES string of the molecule is Cc1cc(N2CCC(NC(=O)N3CCC(C(=O)O)C3)CC2)nc(C)n1. The van der Waals surface area contributed by atoms with E-state index in [0.717, 1.165) is 43.3 Å². The number of anilines is 1. The molecule has 3 heterocycles. The van der Waals surface area contributed by atoms with E-state index in [2.05, 4.69) is 20.2 Å². The fourth-order valence-electron chi connectivity index (χ4n) is 3.52. The van der Waals surface area contributed by atoms with Crippen LogP contribution in [0.2, 0.25) is 0 Å². The predicted molar refractivity (Wildman–Crippen MR) is 92.6 cm³/mol. The lowest BCUT2D eigenvalue weighted by Crippen LogP contribution is -2.49. The number of amides is 2. The molecule has 136 valence electrons. The Morgan fingerprint density at radius 2 is 1.88 bits per heavy atom.